The van der Waals surface area contributed by atoms with Gasteiger partial charge in [0.25, 0.3) is 0 Å². The number of hydrogen-bond acceptors (Lipinski definition) is 4. The van der Waals surface area contributed by atoms with Crippen molar-refractivity contribution in [3.63, 3.8) is 0 Å². The largest absolute Gasteiger partial charge is 0.497 e. The highest BCUT2D eigenvalue weighted by molar-refractivity contribution is 6.31. The average Bonchev–Trinajstić information content (AvgIpc) is 2.53. The number of carbonyl (C=O) groups excluding carboxylic acids is 1. The van der Waals surface area contributed by atoms with Crippen molar-refractivity contribution in [1.82, 2.24) is 0 Å². The molecule has 0 aromatic heterocycles. The molecular formula is C16H16ClNO3. The van der Waals surface area contributed by atoms with Crippen molar-refractivity contribution in [2.24, 2.45) is 0 Å². The molecule has 1 unspecified atom stereocenters. The second kappa shape index (κ2) is 6.99. The first kappa shape index (κ1) is 15.2. The van der Waals surface area contributed by atoms with Crippen LogP contribution in [0.5, 0.6) is 5.75 Å². The zero-order valence-electron chi connectivity index (χ0n) is 11.8. The molecule has 0 heterocycles. The van der Waals surface area contributed by atoms with Crippen LogP contribution < -0.4 is 10.1 Å². The Morgan fingerprint density at radius 1 is 1.14 bits per heavy atom. The summed E-state index contributed by atoms with van der Waals surface area (Å²) in [5.41, 5.74) is 1.40. The molecule has 2 rings (SSSR count). The maximum Gasteiger partial charge on any atom is 0.333 e. The molecule has 0 fully saturated rings. The molecule has 0 saturated carbocycles. The zero-order chi connectivity index (χ0) is 15.2. The normalized spacial score (nSPS) is 11.6. The van der Waals surface area contributed by atoms with Crippen LogP contribution in [0.15, 0.2) is 48.5 Å². The van der Waals surface area contributed by atoms with E-state index in [2.05, 4.69) is 5.32 Å². The van der Waals surface area contributed by atoms with E-state index in [0.717, 1.165) is 5.69 Å². The number of nitrogens with one attached hydrogen (secondary N) is 1. The third kappa shape index (κ3) is 3.67. The molecule has 1 N–H and O–H groups in total. The summed E-state index contributed by atoms with van der Waals surface area (Å²) >= 11 is 6.17. The lowest BCUT2D eigenvalue weighted by Gasteiger charge is -2.19. The maximum atomic E-state index is 12.0. The average molecular weight is 306 g/mol. The van der Waals surface area contributed by atoms with Gasteiger partial charge in [-0.2, -0.15) is 0 Å². The van der Waals surface area contributed by atoms with Crippen LogP contribution in [0, 0.1) is 0 Å². The Kier molecular flexibility index (Phi) is 5.06. The van der Waals surface area contributed by atoms with E-state index in [1.54, 1.807) is 25.3 Å². The summed E-state index contributed by atoms with van der Waals surface area (Å²) in [5, 5.41) is 3.63. The monoisotopic (exact) mass is 305 g/mol. The molecule has 0 bridgehead atoms. The third-order valence-corrected chi connectivity index (χ3v) is 3.38. The smallest absolute Gasteiger partial charge is 0.333 e. The van der Waals surface area contributed by atoms with Crippen molar-refractivity contribution in [2.75, 3.05) is 19.5 Å². The fraction of sp³-hybridized carbons (Fsp3) is 0.188. The second-order valence-electron chi connectivity index (χ2n) is 4.35. The van der Waals surface area contributed by atoms with Crippen molar-refractivity contribution in [3.05, 3.63) is 59.1 Å². The lowest BCUT2D eigenvalue weighted by Crippen LogP contribution is -2.22. The Morgan fingerprint density at radius 3 is 2.57 bits per heavy atom. The van der Waals surface area contributed by atoms with Gasteiger partial charge in [-0.05, 0) is 18.2 Å². The Balaban J connectivity index is 2.33. The lowest BCUT2D eigenvalue weighted by molar-refractivity contribution is -0.141. The Hall–Kier alpha value is -2.20. The maximum absolute atomic E-state index is 12.0. The predicted molar refractivity (Wildman–Crippen MR) is 82.8 cm³/mol. The van der Waals surface area contributed by atoms with Gasteiger partial charge in [-0.3, -0.25) is 0 Å². The highest BCUT2D eigenvalue weighted by atomic mass is 35.5. The van der Waals surface area contributed by atoms with Crippen molar-refractivity contribution in [1.29, 1.82) is 0 Å². The van der Waals surface area contributed by atoms with Crippen LogP contribution in [0.2, 0.25) is 5.02 Å². The number of benzene rings is 2. The van der Waals surface area contributed by atoms with Crippen LogP contribution >= 0.6 is 11.6 Å². The minimum Gasteiger partial charge on any atom is -0.497 e. The van der Waals surface area contributed by atoms with Crippen molar-refractivity contribution in [3.8, 4) is 5.75 Å². The molecule has 0 amide bonds. The number of ether oxygens (including phenoxy) is 2. The molecule has 110 valence electrons. The van der Waals surface area contributed by atoms with Gasteiger partial charge in [0.1, 0.15) is 5.75 Å². The Labute approximate surface area is 128 Å². The molecule has 21 heavy (non-hydrogen) atoms. The highest BCUT2D eigenvalue weighted by Crippen LogP contribution is 2.28. The molecular weight excluding hydrogens is 290 g/mol. The molecule has 0 saturated heterocycles. The first-order valence-corrected chi connectivity index (χ1v) is 6.76. The second-order valence-corrected chi connectivity index (χ2v) is 4.76. The standard InChI is InChI=1S/C16H16ClNO3/c1-20-12-7-5-6-11(10-12)18-15(16(19)21-2)13-8-3-4-9-14(13)17/h3-10,15,18H,1-2H3. The number of esters is 1. The summed E-state index contributed by atoms with van der Waals surface area (Å²) in [6.45, 7) is 0. The van der Waals surface area contributed by atoms with E-state index in [9.17, 15) is 4.79 Å². The van der Waals surface area contributed by atoms with Gasteiger partial charge in [0.05, 0.1) is 14.2 Å². The molecule has 5 heteroatoms. The first-order valence-electron chi connectivity index (χ1n) is 6.38. The van der Waals surface area contributed by atoms with Gasteiger partial charge in [-0.1, -0.05) is 35.9 Å². The van der Waals surface area contributed by atoms with Crippen LogP contribution in [-0.2, 0) is 9.53 Å². The minimum absolute atomic E-state index is 0.411. The van der Waals surface area contributed by atoms with Crippen LogP contribution in [-0.4, -0.2) is 20.2 Å². The van der Waals surface area contributed by atoms with Crippen molar-refractivity contribution < 1.29 is 14.3 Å². The summed E-state index contributed by atoms with van der Waals surface area (Å²) in [5.74, 6) is 0.286. The molecule has 0 spiro atoms. The van der Waals surface area contributed by atoms with Gasteiger partial charge in [0, 0.05) is 22.3 Å². The van der Waals surface area contributed by atoms with Gasteiger partial charge in [0.2, 0.25) is 0 Å². The summed E-state index contributed by atoms with van der Waals surface area (Å²) in [6.07, 6.45) is 0. The summed E-state index contributed by atoms with van der Waals surface area (Å²) in [7, 11) is 2.93. The Morgan fingerprint density at radius 2 is 1.90 bits per heavy atom. The molecule has 0 aliphatic carbocycles. The quantitative estimate of drug-likeness (QED) is 0.856. The number of rotatable bonds is 5. The summed E-state index contributed by atoms with van der Waals surface area (Å²) in [6, 6.07) is 13.8. The van der Waals surface area contributed by atoms with E-state index in [1.165, 1.54) is 7.11 Å². The van der Waals surface area contributed by atoms with E-state index in [0.29, 0.717) is 16.3 Å². The van der Waals surface area contributed by atoms with E-state index < -0.39 is 12.0 Å². The van der Waals surface area contributed by atoms with Crippen molar-refractivity contribution >= 4 is 23.3 Å². The zero-order valence-corrected chi connectivity index (χ0v) is 12.6. The van der Waals surface area contributed by atoms with Crippen LogP contribution in [0.3, 0.4) is 0 Å². The molecule has 4 nitrogen and oxygen atoms in total. The van der Waals surface area contributed by atoms with Crippen LogP contribution in [0.4, 0.5) is 5.69 Å². The Bertz CT molecular complexity index is 630. The van der Waals surface area contributed by atoms with E-state index in [1.807, 2.05) is 30.3 Å². The lowest BCUT2D eigenvalue weighted by atomic mass is 10.1. The fourth-order valence-corrected chi connectivity index (χ4v) is 2.22. The molecule has 0 aliphatic rings. The topological polar surface area (TPSA) is 47.6 Å². The molecule has 1 atom stereocenters. The number of halogens is 1. The van der Waals surface area contributed by atoms with E-state index >= 15 is 0 Å². The fourth-order valence-electron chi connectivity index (χ4n) is 1.97. The SMILES string of the molecule is COC(=O)C(Nc1cccc(OC)c1)c1ccccc1Cl. The minimum atomic E-state index is -0.684. The molecule has 2 aromatic carbocycles. The molecule has 2 aromatic rings. The highest BCUT2D eigenvalue weighted by Gasteiger charge is 2.23. The molecule has 0 aliphatic heterocycles. The van der Waals surface area contributed by atoms with Gasteiger partial charge < -0.3 is 14.8 Å². The number of hydrogen-bond donors (Lipinski definition) is 1. The van der Waals surface area contributed by atoms with E-state index in [-0.39, 0.29) is 0 Å². The van der Waals surface area contributed by atoms with Crippen molar-refractivity contribution in [2.45, 2.75) is 6.04 Å². The van der Waals surface area contributed by atoms with Crippen LogP contribution in [0.25, 0.3) is 0 Å². The van der Waals surface area contributed by atoms with Gasteiger partial charge in [-0.25, -0.2) is 4.79 Å². The summed E-state index contributed by atoms with van der Waals surface area (Å²) < 4.78 is 10.0. The van der Waals surface area contributed by atoms with Crippen LogP contribution in [0.1, 0.15) is 11.6 Å². The predicted octanol–water partition coefficient (Wildman–Crippen LogP) is 3.67. The first-order chi connectivity index (χ1) is 10.2. The third-order valence-electron chi connectivity index (χ3n) is 3.03. The van der Waals surface area contributed by atoms with Gasteiger partial charge in [-0.15, -0.1) is 0 Å². The number of methoxy groups -OCH3 is 2. The summed E-state index contributed by atoms with van der Waals surface area (Å²) in [4.78, 5) is 12.0. The van der Waals surface area contributed by atoms with E-state index in [4.69, 9.17) is 21.1 Å². The number of carbonyl (C=O) groups is 1. The molecule has 0 radical (unpaired) electrons. The number of anilines is 1. The van der Waals surface area contributed by atoms with Gasteiger partial charge >= 0.3 is 5.97 Å². The van der Waals surface area contributed by atoms with Gasteiger partial charge in [0.15, 0.2) is 6.04 Å².